The van der Waals surface area contributed by atoms with Crippen molar-refractivity contribution in [2.45, 2.75) is 45.6 Å². The Balaban J connectivity index is 2.05. The molecule has 2 nitrogen and oxygen atoms in total. The van der Waals surface area contributed by atoms with Gasteiger partial charge in [-0.1, -0.05) is 36.2 Å². The number of rotatable bonds is 1. The van der Waals surface area contributed by atoms with Gasteiger partial charge in [0.2, 0.25) is 0 Å². The molecule has 0 aliphatic heterocycles. The molecule has 0 aromatic heterocycles. The minimum atomic E-state index is -0.373. The molecule has 22 heavy (non-hydrogen) atoms. The summed E-state index contributed by atoms with van der Waals surface area (Å²) < 4.78 is 0. The molecule has 1 N–H and O–H groups in total. The summed E-state index contributed by atoms with van der Waals surface area (Å²) in [6.07, 6.45) is 4.85. The van der Waals surface area contributed by atoms with E-state index in [2.05, 4.69) is 6.92 Å². The second kappa shape index (κ2) is 5.68. The highest BCUT2D eigenvalue weighted by atomic mass is 35.5. The molecule has 3 rings (SSSR count). The normalized spacial score (nSPS) is 30.6. The van der Waals surface area contributed by atoms with Crippen molar-refractivity contribution in [2.24, 2.45) is 5.41 Å². The molecule has 0 spiro atoms. The number of ketones is 1. The first-order valence-corrected chi connectivity index (χ1v) is 8.19. The zero-order valence-corrected chi connectivity index (χ0v) is 13.8. The average Bonchev–Trinajstić information content (AvgIpc) is 2.47. The number of Topliss-reactive ketones (excluding diaryl/α,β-unsaturated/α-hetero) is 1. The lowest BCUT2D eigenvalue weighted by molar-refractivity contribution is -0.113. The van der Waals surface area contributed by atoms with Crippen molar-refractivity contribution in [2.75, 3.05) is 0 Å². The first kappa shape index (κ1) is 15.5. The molecule has 0 radical (unpaired) electrons. The Bertz CT molecular complexity index is 686. The van der Waals surface area contributed by atoms with Crippen LogP contribution in [0.2, 0.25) is 5.02 Å². The third kappa shape index (κ3) is 2.55. The van der Waals surface area contributed by atoms with Crippen molar-refractivity contribution < 1.29 is 9.90 Å². The summed E-state index contributed by atoms with van der Waals surface area (Å²) in [6.45, 7) is 3.99. The molecule has 0 bridgehead atoms. The standard InChI is InChI=1S/C19H21ClO2/c1-12-16-7-4-8-17(21)19(16,2)11-14(18(12)22)9-13-5-3-6-15(20)10-13/h3,5-6,9-10,17,21H,4,7-8,11H2,1-2H3/t17-,19-/m0/s1. The number of aliphatic hydroxyl groups excluding tert-OH is 1. The van der Waals surface area contributed by atoms with E-state index < -0.39 is 0 Å². The van der Waals surface area contributed by atoms with Crippen LogP contribution in [0.4, 0.5) is 0 Å². The lowest BCUT2D eigenvalue weighted by atomic mass is 9.61. The molecule has 3 heteroatoms. The third-order valence-corrected chi connectivity index (χ3v) is 5.40. The molecular weight excluding hydrogens is 296 g/mol. The molecule has 1 saturated carbocycles. The minimum Gasteiger partial charge on any atom is -0.392 e. The Kier molecular flexibility index (Phi) is 4.00. The number of fused-ring (bicyclic) bond motifs is 1. The number of allylic oxidation sites excluding steroid dienone is 2. The first-order valence-electron chi connectivity index (χ1n) is 7.81. The van der Waals surface area contributed by atoms with E-state index in [0.29, 0.717) is 11.4 Å². The van der Waals surface area contributed by atoms with Crippen LogP contribution < -0.4 is 0 Å². The molecule has 0 amide bonds. The van der Waals surface area contributed by atoms with E-state index in [1.165, 1.54) is 0 Å². The van der Waals surface area contributed by atoms with Crippen molar-refractivity contribution in [1.29, 1.82) is 0 Å². The van der Waals surface area contributed by atoms with E-state index in [0.717, 1.165) is 41.5 Å². The van der Waals surface area contributed by atoms with E-state index in [9.17, 15) is 9.90 Å². The smallest absolute Gasteiger partial charge is 0.184 e. The van der Waals surface area contributed by atoms with Crippen molar-refractivity contribution in [3.8, 4) is 0 Å². The summed E-state index contributed by atoms with van der Waals surface area (Å²) in [7, 11) is 0. The quantitative estimate of drug-likeness (QED) is 0.771. The lowest BCUT2D eigenvalue weighted by Gasteiger charge is -2.45. The predicted molar refractivity (Wildman–Crippen MR) is 89.7 cm³/mol. The maximum absolute atomic E-state index is 12.7. The Hall–Kier alpha value is -1.38. The van der Waals surface area contributed by atoms with Gasteiger partial charge in [0.05, 0.1) is 6.10 Å². The molecule has 0 heterocycles. The SMILES string of the molecule is CC1=C2CCC[C@H](O)[C@@]2(C)CC(=Cc2cccc(Cl)c2)C1=O. The Morgan fingerprint density at radius 2 is 2.18 bits per heavy atom. The largest absolute Gasteiger partial charge is 0.392 e. The van der Waals surface area contributed by atoms with Gasteiger partial charge in [0, 0.05) is 16.0 Å². The number of aliphatic hydroxyl groups is 1. The molecule has 2 atom stereocenters. The van der Waals surface area contributed by atoms with Crippen molar-refractivity contribution in [3.05, 3.63) is 51.6 Å². The number of hydrogen-bond donors (Lipinski definition) is 1. The van der Waals surface area contributed by atoms with Crippen LogP contribution in [0.5, 0.6) is 0 Å². The van der Waals surface area contributed by atoms with Gasteiger partial charge in [-0.25, -0.2) is 0 Å². The summed E-state index contributed by atoms with van der Waals surface area (Å²) in [5, 5.41) is 11.2. The third-order valence-electron chi connectivity index (χ3n) is 5.16. The molecule has 1 aromatic carbocycles. The highest BCUT2D eigenvalue weighted by molar-refractivity contribution is 6.30. The predicted octanol–water partition coefficient (Wildman–Crippen LogP) is 4.56. The van der Waals surface area contributed by atoms with Gasteiger partial charge in [-0.05, 0) is 62.0 Å². The van der Waals surface area contributed by atoms with E-state index in [1.54, 1.807) is 0 Å². The Morgan fingerprint density at radius 3 is 2.91 bits per heavy atom. The van der Waals surface area contributed by atoms with Crippen LogP contribution in [0.1, 0.15) is 45.1 Å². The molecule has 0 unspecified atom stereocenters. The van der Waals surface area contributed by atoms with E-state index >= 15 is 0 Å². The number of hydrogen-bond acceptors (Lipinski definition) is 2. The van der Waals surface area contributed by atoms with Crippen LogP contribution in [0.3, 0.4) is 0 Å². The van der Waals surface area contributed by atoms with E-state index in [4.69, 9.17) is 11.6 Å². The second-order valence-electron chi connectivity index (χ2n) is 6.66. The summed E-state index contributed by atoms with van der Waals surface area (Å²) in [5.41, 5.74) is 3.37. The van der Waals surface area contributed by atoms with Gasteiger partial charge in [0.1, 0.15) is 0 Å². The summed E-state index contributed by atoms with van der Waals surface area (Å²) in [5.74, 6) is 0.113. The fourth-order valence-electron chi connectivity index (χ4n) is 3.89. The average molecular weight is 317 g/mol. The molecule has 0 saturated heterocycles. The Labute approximate surface area is 136 Å². The fourth-order valence-corrected chi connectivity index (χ4v) is 4.08. The maximum atomic E-state index is 12.7. The van der Waals surface area contributed by atoms with Gasteiger partial charge < -0.3 is 5.11 Å². The molecule has 2 aliphatic rings. The fraction of sp³-hybridized carbons (Fsp3) is 0.421. The maximum Gasteiger partial charge on any atom is 0.184 e. The van der Waals surface area contributed by atoms with Crippen LogP contribution in [0.15, 0.2) is 41.0 Å². The highest BCUT2D eigenvalue weighted by Crippen LogP contribution is 2.50. The van der Waals surface area contributed by atoms with E-state index in [1.807, 2.05) is 37.3 Å². The highest BCUT2D eigenvalue weighted by Gasteiger charge is 2.45. The van der Waals surface area contributed by atoms with Gasteiger partial charge in [-0.15, -0.1) is 0 Å². The van der Waals surface area contributed by atoms with E-state index in [-0.39, 0.29) is 17.3 Å². The summed E-state index contributed by atoms with van der Waals surface area (Å²) in [4.78, 5) is 12.7. The van der Waals surface area contributed by atoms with Gasteiger partial charge in [-0.3, -0.25) is 4.79 Å². The van der Waals surface area contributed by atoms with Crippen molar-refractivity contribution >= 4 is 23.5 Å². The van der Waals surface area contributed by atoms with Gasteiger partial charge in [0.15, 0.2) is 5.78 Å². The van der Waals surface area contributed by atoms with Crippen molar-refractivity contribution in [1.82, 2.24) is 0 Å². The minimum absolute atomic E-state index is 0.113. The number of benzene rings is 1. The van der Waals surface area contributed by atoms with Crippen LogP contribution in [-0.2, 0) is 4.79 Å². The van der Waals surface area contributed by atoms with Crippen LogP contribution in [0.25, 0.3) is 6.08 Å². The lowest BCUT2D eigenvalue weighted by Crippen LogP contribution is -2.42. The number of halogens is 1. The van der Waals surface area contributed by atoms with Gasteiger partial charge in [0.25, 0.3) is 0 Å². The zero-order valence-electron chi connectivity index (χ0n) is 13.0. The molecule has 116 valence electrons. The molecular formula is C19H21ClO2. The van der Waals surface area contributed by atoms with Crippen LogP contribution >= 0.6 is 11.6 Å². The van der Waals surface area contributed by atoms with Gasteiger partial charge in [-0.2, -0.15) is 0 Å². The second-order valence-corrected chi connectivity index (χ2v) is 7.10. The molecule has 1 aromatic rings. The monoisotopic (exact) mass is 316 g/mol. The molecule has 1 fully saturated rings. The first-order chi connectivity index (χ1) is 10.4. The summed E-state index contributed by atoms with van der Waals surface area (Å²) >= 11 is 6.03. The molecule has 2 aliphatic carbocycles. The number of carbonyl (C=O) groups excluding carboxylic acids is 1. The Morgan fingerprint density at radius 1 is 1.41 bits per heavy atom. The topological polar surface area (TPSA) is 37.3 Å². The van der Waals surface area contributed by atoms with Crippen LogP contribution in [0, 0.1) is 5.41 Å². The van der Waals surface area contributed by atoms with Crippen LogP contribution in [-0.4, -0.2) is 17.0 Å². The van der Waals surface area contributed by atoms with Crippen molar-refractivity contribution in [3.63, 3.8) is 0 Å². The van der Waals surface area contributed by atoms with Gasteiger partial charge >= 0.3 is 0 Å². The number of carbonyl (C=O) groups is 1. The zero-order chi connectivity index (χ0) is 15.9. The summed E-state index contributed by atoms with van der Waals surface area (Å²) in [6, 6.07) is 7.51.